The van der Waals surface area contributed by atoms with E-state index in [0.29, 0.717) is 28.9 Å². The smallest absolute Gasteiger partial charge is 0.302 e. The fraction of sp³-hybridized carbons (Fsp3) is 0.320. The second-order valence-electron chi connectivity index (χ2n) is 7.40. The Labute approximate surface area is 171 Å². The second-order valence-corrected chi connectivity index (χ2v) is 7.40. The Balaban J connectivity index is 1.84. The number of ketones is 2. The predicted octanol–water partition coefficient (Wildman–Crippen LogP) is 5.29. The third kappa shape index (κ3) is 4.70. The summed E-state index contributed by atoms with van der Waals surface area (Å²) in [5.41, 5.74) is 3.19. The summed E-state index contributed by atoms with van der Waals surface area (Å²) in [6.07, 6.45) is 3.31. The van der Waals surface area contributed by atoms with Crippen LogP contribution in [0.15, 0.2) is 65.7 Å². The van der Waals surface area contributed by atoms with Crippen LogP contribution in [-0.4, -0.2) is 24.1 Å². The van der Waals surface area contributed by atoms with Gasteiger partial charge in [0, 0.05) is 35.1 Å². The topological polar surface area (TPSA) is 60.4 Å². The van der Waals surface area contributed by atoms with Gasteiger partial charge in [0.15, 0.2) is 11.6 Å². The van der Waals surface area contributed by atoms with Crippen LogP contribution in [0.2, 0.25) is 0 Å². The summed E-state index contributed by atoms with van der Waals surface area (Å²) in [6.45, 7) is 3.59. The molecule has 4 heteroatoms. The molecule has 0 fully saturated rings. The molecular weight excluding hydrogens is 364 g/mol. The first-order valence-electron chi connectivity index (χ1n) is 10.1. The van der Waals surface area contributed by atoms with Crippen molar-refractivity contribution in [2.24, 2.45) is 0 Å². The molecule has 1 aliphatic rings. The highest BCUT2D eigenvalue weighted by molar-refractivity contribution is 6.27. The number of rotatable bonds is 8. The normalized spacial score (nSPS) is 14.6. The van der Waals surface area contributed by atoms with Gasteiger partial charge < -0.3 is 4.74 Å². The molecule has 29 heavy (non-hydrogen) atoms. The molecule has 0 N–H and O–H groups in total. The molecule has 150 valence electrons. The first kappa shape index (κ1) is 20.7. The standard InChI is InChI=1S/C25H26O4/c1-17-23(25(28)22-15-9-8-14-21(22)24(17)27)20(19-11-5-3-6-12-19)13-7-4-10-16-29-18(2)26/h3,5-6,8-9,11-12,14-15,20H,4,7,10,13,16H2,1-2H3. The van der Waals surface area contributed by atoms with Gasteiger partial charge in [-0.1, -0.05) is 67.4 Å². The maximum Gasteiger partial charge on any atom is 0.302 e. The van der Waals surface area contributed by atoms with E-state index in [2.05, 4.69) is 0 Å². The number of benzene rings is 2. The third-order valence-corrected chi connectivity index (χ3v) is 5.40. The van der Waals surface area contributed by atoms with Crippen molar-refractivity contribution in [1.82, 2.24) is 0 Å². The Hall–Kier alpha value is -3.01. The molecule has 0 spiro atoms. The van der Waals surface area contributed by atoms with Crippen molar-refractivity contribution < 1.29 is 19.1 Å². The van der Waals surface area contributed by atoms with E-state index >= 15 is 0 Å². The number of fused-ring (bicyclic) bond motifs is 1. The zero-order valence-corrected chi connectivity index (χ0v) is 16.9. The van der Waals surface area contributed by atoms with Crippen molar-refractivity contribution >= 4 is 17.5 Å². The summed E-state index contributed by atoms with van der Waals surface area (Å²) in [5, 5.41) is 0. The Morgan fingerprint density at radius 3 is 2.14 bits per heavy atom. The lowest BCUT2D eigenvalue weighted by Gasteiger charge is -2.26. The quantitative estimate of drug-likeness (QED) is 0.454. The van der Waals surface area contributed by atoms with Crippen LogP contribution in [0.3, 0.4) is 0 Å². The molecule has 2 aromatic rings. The highest BCUT2D eigenvalue weighted by Gasteiger charge is 2.34. The van der Waals surface area contributed by atoms with E-state index in [4.69, 9.17) is 4.74 Å². The summed E-state index contributed by atoms with van der Waals surface area (Å²) in [6, 6.07) is 17.0. The van der Waals surface area contributed by atoms with Gasteiger partial charge in [0.05, 0.1) is 6.61 Å². The molecule has 0 saturated heterocycles. The van der Waals surface area contributed by atoms with Gasteiger partial charge in [0.1, 0.15) is 0 Å². The number of hydrogen-bond donors (Lipinski definition) is 0. The zero-order valence-electron chi connectivity index (χ0n) is 16.9. The van der Waals surface area contributed by atoms with Crippen molar-refractivity contribution in [2.45, 2.75) is 45.4 Å². The molecule has 0 amide bonds. The lowest BCUT2D eigenvalue weighted by molar-refractivity contribution is -0.141. The average molecular weight is 390 g/mol. The lowest BCUT2D eigenvalue weighted by Crippen LogP contribution is -2.24. The molecule has 2 aromatic carbocycles. The van der Waals surface area contributed by atoms with Gasteiger partial charge in [-0.15, -0.1) is 0 Å². The van der Waals surface area contributed by atoms with E-state index in [-0.39, 0.29) is 23.5 Å². The first-order valence-corrected chi connectivity index (χ1v) is 10.1. The highest BCUT2D eigenvalue weighted by atomic mass is 16.5. The fourth-order valence-corrected chi connectivity index (χ4v) is 3.94. The molecule has 1 unspecified atom stereocenters. The van der Waals surface area contributed by atoms with E-state index in [0.717, 1.165) is 31.2 Å². The number of Topliss-reactive ketones (excluding diaryl/α,β-unsaturated/α-hetero) is 2. The van der Waals surface area contributed by atoms with Gasteiger partial charge in [0.2, 0.25) is 0 Å². The molecule has 0 radical (unpaired) electrons. The van der Waals surface area contributed by atoms with Crippen molar-refractivity contribution in [3.05, 3.63) is 82.4 Å². The molecule has 1 atom stereocenters. The number of allylic oxidation sites excluding steroid dienone is 2. The molecule has 0 bridgehead atoms. The highest BCUT2D eigenvalue weighted by Crippen LogP contribution is 2.38. The SMILES string of the molecule is CC(=O)OCCCCCC(C1=C(C)C(=O)c2ccccc2C1=O)c1ccccc1. The third-order valence-electron chi connectivity index (χ3n) is 5.40. The summed E-state index contributed by atoms with van der Waals surface area (Å²) >= 11 is 0. The Bertz CT molecular complexity index is 940. The first-order chi connectivity index (χ1) is 14.0. The van der Waals surface area contributed by atoms with Crippen LogP contribution in [0.5, 0.6) is 0 Å². The maximum absolute atomic E-state index is 13.3. The molecule has 0 aromatic heterocycles. The van der Waals surface area contributed by atoms with Gasteiger partial charge in [-0.2, -0.15) is 0 Å². The fourth-order valence-electron chi connectivity index (χ4n) is 3.94. The molecule has 3 rings (SSSR count). The van der Waals surface area contributed by atoms with Crippen molar-refractivity contribution in [3.63, 3.8) is 0 Å². The van der Waals surface area contributed by atoms with Crippen molar-refractivity contribution in [1.29, 1.82) is 0 Å². The van der Waals surface area contributed by atoms with Crippen LogP contribution in [-0.2, 0) is 9.53 Å². The van der Waals surface area contributed by atoms with Gasteiger partial charge in [-0.05, 0) is 25.3 Å². The number of carbonyl (C=O) groups excluding carboxylic acids is 3. The van der Waals surface area contributed by atoms with Crippen molar-refractivity contribution in [2.75, 3.05) is 6.61 Å². The minimum absolute atomic E-state index is 0.0496. The van der Waals surface area contributed by atoms with Gasteiger partial charge in [0.25, 0.3) is 0 Å². The Morgan fingerprint density at radius 2 is 1.48 bits per heavy atom. The van der Waals surface area contributed by atoms with Crippen LogP contribution in [0.1, 0.15) is 71.7 Å². The van der Waals surface area contributed by atoms with E-state index in [9.17, 15) is 14.4 Å². The van der Waals surface area contributed by atoms with Gasteiger partial charge >= 0.3 is 5.97 Å². The average Bonchev–Trinajstić information content (AvgIpc) is 2.73. The number of ether oxygens (including phenoxy) is 1. The van der Waals surface area contributed by atoms with Gasteiger partial charge in [-0.25, -0.2) is 0 Å². The second kappa shape index (κ2) is 9.46. The van der Waals surface area contributed by atoms with E-state index < -0.39 is 0 Å². The summed E-state index contributed by atoms with van der Waals surface area (Å²) in [5.74, 6) is -0.509. The minimum Gasteiger partial charge on any atom is -0.466 e. The van der Waals surface area contributed by atoms with Crippen LogP contribution < -0.4 is 0 Å². The molecule has 1 aliphatic carbocycles. The van der Waals surface area contributed by atoms with Crippen LogP contribution in [0.4, 0.5) is 0 Å². The van der Waals surface area contributed by atoms with E-state index in [1.807, 2.05) is 30.3 Å². The maximum atomic E-state index is 13.3. The zero-order chi connectivity index (χ0) is 20.8. The molecule has 0 heterocycles. The summed E-state index contributed by atoms with van der Waals surface area (Å²) in [4.78, 5) is 37.1. The van der Waals surface area contributed by atoms with E-state index in [1.54, 1.807) is 31.2 Å². The monoisotopic (exact) mass is 390 g/mol. The number of carbonyl (C=O) groups is 3. The Kier molecular flexibility index (Phi) is 6.76. The van der Waals surface area contributed by atoms with Crippen molar-refractivity contribution in [3.8, 4) is 0 Å². The summed E-state index contributed by atoms with van der Waals surface area (Å²) in [7, 11) is 0. The van der Waals surface area contributed by atoms with Gasteiger partial charge in [-0.3, -0.25) is 14.4 Å². The molecule has 4 nitrogen and oxygen atoms in total. The molecular formula is C25H26O4. The predicted molar refractivity (Wildman–Crippen MR) is 112 cm³/mol. The van der Waals surface area contributed by atoms with E-state index in [1.165, 1.54) is 6.92 Å². The van der Waals surface area contributed by atoms with Crippen LogP contribution in [0.25, 0.3) is 0 Å². The van der Waals surface area contributed by atoms with Crippen LogP contribution >= 0.6 is 0 Å². The Morgan fingerprint density at radius 1 is 0.862 bits per heavy atom. The van der Waals surface area contributed by atoms with Crippen LogP contribution in [0, 0.1) is 0 Å². The summed E-state index contributed by atoms with van der Waals surface area (Å²) < 4.78 is 4.99. The lowest BCUT2D eigenvalue weighted by atomic mass is 9.75. The largest absolute Gasteiger partial charge is 0.466 e. The number of unbranched alkanes of at least 4 members (excludes halogenated alkanes) is 2. The molecule has 0 aliphatic heterocycles. The number of esters is 1. The number of hydrogen-bond acceptors (Lipinski definition) is 4. The molecule has 0 saturated carbocycles. The minimum atomic E-state index is -0.266.